The number of amides is 2. The van der Waals surface area contributed by atoms with Gasteiger partial charge in [-0.3, -0.25) is 9.59 Å². The molecule has 0 saturated carbocycles. The van der Waals surface area contributed by atoms with Gasteiger partial charge in [0.25, 0.3) is 5.91 Å². The minimum absolute atomic E-state index is 0.132. The normalized spacial score (nSPS) is 13.2. The maximum absolute atomic E-state index is 13.6. The van der Waals surface area contributed by atoms with E-state index in [9.17, 15) is 14.0 Å². The minimum atomic E-state index is -0.323. The predicted molar refractivity (Wildman–Crippen MR) is 99.8 cm³/mol. The van der Waals surface area contributed by atoms with Crippen molar-refractivity contribution in [1.29, 1.82) is 0 Å². The molecule has 0 spiro atoms. The average molecular weight is 353 g/mol. The van der Waals surface area contributed by atoms with Crippen molar-refractivity contribution in [3.05, 3.63) is 72.1 Å². The third-order valence-corrected chi connectivity index (χ3v) is 4.40. The topological polar surface area (TPSA) is 52.7 Å². The Labute approximate surface area is 151 Å². The molecule has 1 heterocycles. The molecule has 0 bridgehead atoms. The third kappa shape index (κ3) is 3.59. The molecule has 0 aliphatic carbocycles. The van der Waals surface area contributed by atoms with Crippen LogP contribution in [0.5, 0.6) is 0 Å². The molecule has 1 aliphatic rings. The van der Waals surface area contributed by atoms with Crippen molar-refractivity contribution in [3.8, 4) is 0 Å². The lowest BCUT2D eigenvalue weighted by atomic mass is 10.1. The van der Waals surface area contributed by atoms with Gasteiger partial charge in [-0.1, -0.05) is 18.7 Å². The van der Waals surface area contributed by atoms with E-state index in [0.29, 0.717) is 36.6 Å². The fraction of sp³-hybridized carbons (Fsp3) is 0.200. The molecule has 0 radical (unpaired) electrons. The highest BCUT2D eigenvalue weighted by Gasteiger charge is 2.26. The molecule has 2 aromatic carbocycles. The third-order valence-electron chi connectivity index (χ3n) is 4.40. The summed E-state index contributed by atoms with van der Waals surface area (Å²) in [6, 6.07) is 11.5. The summed E-state index contributed by atoms with van der Waals surface area (Å²) in [4.78, 5) is 27.7. The second-order valence-corrected chi connectivity index (χ2v) is 6.13. The largest absolute Gasteiger partial charge is 0.371 e. The smallest absolute Gasteiger partial charge is 0.258 e. The summed E-state index contributed by atoms with van der Waals surface area (Å²) in [6.07, 6.45) is 1.21. The van der Waals surface area contributed by atoms with Crippen molar-refractivity contribution >= 4 is 23.2 Å². The monoisotopic (exact) mass is 353 g/mol. The van der Waals surface area contributed by atoms with E-state index in [1.54, 1.807) is 35.2 Å². The van der Waals surface area contributed by atoms with E-state index in [-0.39, 0.29) is 17.6 Å². The first-order valence-electron chi connectivity index (χ1n) is 8.31. The molecule has 6 heteroatoms. The molecule has 0 fully saturated rings. The van der Waals surface area contributed by atoms with E-state index < -0.39 is 0 Å². The number of hydrogen-bond acceptors (Lipinski definition) is 3. The molecule has 0 saturated heterocycles. The highest BCUT2D eigenvalue weighted by molar-refractivity contribution is 6.08. The molecule has 26 heavy (non-hydrogen) atoms. The van der Waals surface area contributed by atoms with Crippen LogP contribution in [0.4, 0.5) is 15.8 Å². The number of hydrogen-bond donors (Lipinski definition) is 1. The van der Waals surface area contributed by atoms with Crippen LogP contribution in [0.25, 0.3) is 0 Å². The molecular weight excluding hydrogens is 333 g/mol. The van der Waals surface area contributed by atoms with Gasteiger partial charge in [0.2, 0.25) is 5.91 Å². The zero-order valence-electron chi connectivity index (χ0n) is 14.5. The number of fused-ring (bicyclic) bond motifs is 1. The lowest BCUT2D eigenvalue weighted by Gasteiger charge is -2.35. The van der Waals surface area contributed by atoms with E-state index in [4.69, 9.17) is 0 Å². The van der Waals surface area contributed by atoms with Gasteiger partial charge in [0, 0.05) is 32.2 Å². The van der Waals surface area contributed by atoms with Gasteiger partial charge in [0.1, 0.15) is 5.82 Å². The van der Waals surface area contributed by atoms with Gasteiger partial charge in [0.15, 0.2) is 0 Å². The Morgan fingerprint density at radius 2 is 1.88 bits per heavy atom. The summed E-state index contributed by atoms with van der Waals surface area (Å²) in [5, 5.41) is 2.69. The summed E-state index contributed by atoms with van der Waals surface area (Å²) < 4.78 is 13.6. The molecular formula is C20H20FN3O2. The predicted octanol–water partition coefficient (Wildman–Crippen LogP) is 2.72. The Kier molecular flexibility index (Phi) is 5.02. The van der Waals surface area contributed by atoms with Crippen LogP contribution in [-0.2, 0) is 11.3 Å². The summed E-state index contributed by atoms with van der Waals surface area (Å²) in [5.41, 5.74) is 2.84. The maximum Gasteiger partial charge on any atom is 0.258 e. The van der Waals surface area contributed by atoms with Crippen molar-refractivity contribution in [1.82, 2.24) is 5.32 Å². The highest BCUT2D eigenvalue weighted by atomic mass is 19.1. The van der Waals surface area contributed by atoms with Gasteiger partial charge in [-0.25, -0.2) is 4.39 Å². The number of anilines is 2. The molecule has 134 valence electrons. The fourth-order valence-corrected chi connectivity index (χ4v) is 2.91. The zero-order valence-corrected chi connectivity index (χ0v) is 14.5. The Balaban J connectivity index is 1.79. The van der Waals surface area contributed by atoms with Crippen molar-refractivity contribution in [2.24, 2.45) is 0 Å². The average Bonchev–Trinajstić information content (AvgIpc) is 2.66. The van der Waals surface area contributed by atoms with Crippen LogP contribution in [0.3, 0.4) is 0 Å². The summed E-state index contributed by atoms with van der Waals surface area (Å²) >= 11 is 0. The van der Waals surface area contributed by atoms with Gasteiger partial charge < -0.3 is 15.1 Å². The molecule has 0 unspecified atom stereocenters. The Hall–Kier alpha value is -3.15. The quantitative estimate of drug-likeness (QED) is 0.860. The van der Waals surface area contributed by atoms with Crippen LogP contribution in [-0.4, -0.2) is 32.0 Å². The van der Waals surface area contributed by atoms with Gasteiger partial charge in [-0.2, -0.15) is 0 Å². The zero-order chi connectivity index (χ0) is 18.7. The summed E-state index contributed by atoms with van der Waals surface area (Å²) in [6.45, 7) is 4.94. The van der Waals surface area contributed by atoms with Gasteiger partial charge in [0.05, 0.1) is 11.4 Å². The van der Waals surface area contributed by atoms with E-state index in [2.05, 4.69) is 11.9 Å². The van der Waals surface area contributed by atoms with Crippen LogP contribution < -0.4 is 15.1 Å². The molecule has 1 aliphatic heterocycles. The molecule has 5 nitrogen and oxygen atoms in total. The Morgan fingerprint density at radius 3 is 2.58 bits per heavy atom. The lowest BCUT2D eigenvalue weighted by molar-refractivity contribution is -0.116. The first-order chi connectivity index (χ1) is 12.5. The molecule has 2 amide bonds. The lowest BCUT2D eigenvalue weighted by Crippen LogP contribution is -2.42. The molecule has 0 atom stereocenters. The Bertz CT molecular complexity index is 849. The number of benzene rings is 2. The molecule has 1 N–H and O–H groups in total. The van der Waals surface area contributed by atoms with Crippen LogP contribution in [0.15, 0.2) is 55.1 Å². The van der Waals surface area contributed by atoms with Crippen molar-refractivity contribution in [3.63, 3.8) is 0 Å². The van der Waals surface area contributed by atoms with Gasteiger partial charge >= 0.3 is 0 Å². The van der Waals surface area contributed by atoms with Crippen LogP contribution in [0.2, 0.25) is 0 Å². The SMILES string of the molecule is C=CC(=O)NCc1ccc(C(=O)N2CCN(C)c3cc(F)ccc32)cc1. The number of likely N-dealkylation sites (N-methyl/N-ethyl adjacent to an activating group) is 1. The van der Waals surface area contributed by atoms with Crippen molar-refractivity contribution < 1.29 is 14.0 Å². The van der Waals surface area contributed by atoms with Crippen LogP contribution >= 0.6 is 0 Å². The summed E-state index contributed by atoms with van der Waals surface area (Å²) in [5.74, 6) is -0.699. The highest BCUT2D eigenvalue weighted by Crippen LogP contribution is 2.33. The number of carbonyl (C=O) groups excluding carboxylic acids is 2. The van der Waals surface area contributed by atoms with E-state index >= 15 is 0 Å². The van der Waals surface area contributed by atoms with E-state index in [1.807, 2.05) is 11.9 Å². The standard InChI is InChI=1S/C20H20FN3O2/c1-3-19(25)22-13-14-4-6-15(7-5-14)20(26)24-11-10-23(2)18-12-16(21)8-9-17(18)24/h3-9,12H,1,10-11,13H2,2H3,(H,22,25). The van der Waals surface area contributed by atoms with E-state index in [0.717, 1.165) is 5.56 Å². The number of nitrogens with zero attached hydrogens (tertiary/aromatic N) is 2. The van der Waals surface area contributed by atoms with Crippen LogP contribution in [0.1, 0.15) is 15.9 Å². The van der Waals surface area contributed by atoms with Gasteiger partial charge in [-0.05, 0) is 42.0 Å². The number of carbonyl (C=O) groups is 2. The van der Waals surface area contributed by atoms with E-state index in [1.165, 1.54) is 18.2 Å². The summed E-state index contributed by atoms with van der Waals surface area (Å²) in [7, 11) is 1.88. The first-order valence-corrected chi connectivity index (χ1v) is 8.31. The molecule has 2 aromatic rings. The number of rotatable bonds is 4. The maximum atomic E-state index is 13.6. The first kappa shape index (κ1) is 17.7. The second kappa shape index (κ2) is 7.39. The van der Waals surface area contributed by atoms with Gasteiger partial charge in [-0.15, -0.1) is 0 Å². The van der Waals surface area contributed by atoms with Crippen LogP contribution in [0, 0.1) is 5.82 Å². The fourth-order valence-electron chi connectivity index (χ4n) is 2.91. The number of halogens is 1. The van der Waals surface area contributed by atoms with Crippen molar-refractivity contribution in [2.75, 3.05) is 29.9 Å². The Morgan fingerprint density at radius 1 is 1.15 bits per heavy atom. The van der Waals surface area contributed by atoms with Crippen molar-refractivity contribution in [2.45, 2.75) is 6.54 Å². The molecule has 0 aromatic heterocycles. The molecule has 3 rings (SSSR count). The minimum Gasteiger partial charge on any atom is -0.371 e. The number of nitrogens with one attached hydrogen (secondary N) is 1. The second-order valence-electron chi connectivity index (χ2n) is 6.13.